The number of halogens is 1. The molecule has 2 heterocycles. The molecule has 1 aromatic heterocycles. The molecule has 5 atom stereocenters. The molecule has 2 fully saturated rings. The van der Waals surface area contributed by atoms with E-state index in [1.165, 1.54) is 110 Å². The number of hydrogen-bond acceptors (Lipinski definition) is 8. The highest BCUT2D eigenvalue weighted by Gasteiger charge is 2.42. The molecule has 2 aliphatic rings. The molecule has 3 rings (SSSR count). The van der Waals surface area contributed by atoms with Crippen LogP contribution in [0.1, 0.15) is 135 Å². The number of unbranched alkanes of at least 4 members (excludes halogenated alkanes) is 11. The summed E-state index contributed by atoms with van der Waals surface area (Å²) in [6.07, 6.45) is 20.3. The maximum absolute atomic E-state index is 13.6. The molecule has 1 aliphatic heterocycles. The van der Waals surface area contributed by atoms with E-state index in [2.05, 4.69) is 0 Å². The topological polar surface area (TPSA) is 149 Å². The van der Waals surface area contributed by atoms with Crippen LogP contribution >= 0.6 is 7.82 Å². The molecule has 0 radical (unpaired) electrons. The molecule has 1 unspecified atom stereocenters. The van der Waals surface area contributed by atoms with Crippen molar-refractivity contribution in [1.82, 2.24) is 9.55 Å². The van der Waals surface area contributed by atoms with Gasteiger partial charge in [0.05, 0.1) is 31.6 Å². The minimum atomic E-state index is -4.49. The lowest BCUT2D eigenvalue weighted by molar-refractivity contribution is -0.0773. The van der Waals surface area contributed by atoms with Crippen LogP contribution in [0, 0.1) is 11.7 Å². The molecule has 0 bridgehead atoms. The van der Waals surface area contributed by atoms with Gasteiger partial charge in [0, 0.05) is 13.0 Å². The van der Waals surface area contributed by atoms with Gasteiger partial charge in [-0.2, -0.15) is 4.39 Å². The number of aromatic amines is 1. The quantitative estimate of drug-likeness (QED) is 0.0880. The van der Waals surface area contributed by atoms with Crippen LogP contribution in [0.15, 0.2) is 15.8 Å². The molecule has 1 saturated carbocycles. The van der Waals surface area contributed by atoms with Crippen LogP contribution in [-0.4, -0.2) is 57.7 Å². The fourth-order valence-corrected chi connectivity index (χ4v) is 7.35. The lowest BCUT2D eigenvalue weighted by Crippen LogP contribution is -2.35. The molecular formula is C32H56FN2O9P. The Morgan fingerprint density at radius 1 is 0.956 bits per heavy atom. The zero-order valence-corrected chi connectivity index (χ0v) is 27.9. The highest BCUT2D eigenvalue weighted by atomic mass is 31.2. The second kappa shape index (κ2) is 20.8. The van der Waals surface area contributed by atoms with Gasteiger partial charge < -0.3 is 19.5 Å². The van der Waals surface area contributed by atoms with Crippen LogP contribution in [-0.2, 0) is 23.1 Å². The molecule has 11 nitrogen and oxygen atoms in total. The van der Waals surface area contributed by atoms with E-state index >= 15 is 0 Å². The first-order valence-corrected chi connectivity index (χ1v) is 18.7. The fraction of sp³-hybridized carbons (Fsp3) is 0.875. The third-order valence-corrected chi connectivity index (χ3v) is 10.1. The van der Waals surface area contributed by atoms with Gasteiger partial charge in [-0.05, 0) is 19.3 Å². The van der Waals surface area contributed by atoms with Crippen LogP contribution in [0.2, 0.25) is 0 Å². The number of nitrogens with zero attached hydrogens (tertiary/aromatic N) is 1. The van der Waals surface area contributed by atoms with E-state index in [0.717, 1.165) is 23.3 Å². The molecule has 3 N–H and O–H groups in total. The van der Waals surface area contributed by atoms with Crippen LogP contribution in [0.25, 0.3) is 0 Å². The normalized spacial score (nSPS) is 22.9. The Bertz CT molecular complexity index is 1130. The van der Waals surface area contributed by atoms with E-state index in [9.17, 15) is 28.5 Å². The molecular weight excluding hydrogens is 606 g/mol. The smallest absolute Gasteiger partial charge is 0.390 e. The molecule has 0 spiro atoms. The predicted molar refractivity (Wildman–Crippen MR) is 170 cm³/mol. The van der Waals surface area contributed by atoms with Crippen molar-refractivity contribution < 1.29 is 37.5 Å². The van der Waals surface area contributed by atoms with Crippen LogP contribution in [0.3, 0.4) is 0 Å². The molecule has 1 aliphatic carbocycles. The molecule has 260 valence electrons. The molecule has 13 heteroatoms. The van der Waals surface area contributed by atoms with Gasteiger partial charge in [-0.1, -0.05) is 109 Å². The van der Waals surface area contributed by atoms with Gasteiger partial charge in [-0.25, -0.2) is 9.36 Å². The van der Waals surface area contributed by atoms with Gasteiger partial charge >= 0.3 is 13.5 Å². The lowest BCUT2D eigenvalue weighted by Gasteiger charge is -2.24. The summed E-state index contributed by atoms with van der Waals surface area (Å²) in [7, 11) is -4.49. The minimum absolute atomic E-state index is 0.117. The second-order valence-corrected chi connectivity index (χ2v) is 14.2. The number of rotatable bonds is 23. The van der Waals surface area contributed by atoms with Gasteiger partial charge in [-0.15, -0.1) is 0 Å². The summed E-state index contributed by atoms with van der Waals surface area (Å²) in [6, 6.07) is 0. The van der Waals surface area contributed by atoms with Crippen molar-refractivity contribution in [3.05, 3.63) is 32.9 Å². The Balaban J connectivity index is 1.12. The molecule has 1 saturated heterocycles. The van der Waals surface area contributed by atoms with Crippen molar-refractivity contribution in [2.75, 3.05) is 19.8 Å². The van der Waals surface area contributed by atoms with E-state index < -0.39 is 49.4 Å². The summed E-state index contributed by atoms with van der Waals surface area (Å²) in [5.41, 5.74) is -2.07. The summed E-state index contributed by atoms with van der Waals surface area (Å²) >= 11 is 0. The Hall–Kier alpha value is -1.40. The van der Waals surface area contributed by atoms with Crippen molar-refractivity contribution in [1.29, 1.82) is 0 Å². The van der Waals surface area contributed by atoms with Gasteiger partial charge in [-0.3, -0.25) is 23.4 Å². The summed E-state index contributed by atoms with van der Waals surface area (Å²) in [5.74, 6) is -0.159. The first-order chi connectivity index (χ1) is 21.7. The van der Waals surface area contributed by atoms with Crippen molar-refractivity contribution in [2.24, 2.45) is 5.92 Å². The average Bonchev–Trinajstić information content (AvgIpc) is 3.40. The maximum Gasteiger partial charge on any atom is 0.472 e. The first-order valence-electron chi connectivity index (χ1n) is 17.2. The van der Waals surface area contributed by atoms with Crippen LogP contribution < -0.4 is 11.2 Å². The van der Waals surface area contributed by atoms with E-state index in [1.807, 2.05) is 4.98 Å². The third-order valence-electron chi connectivity index (χ3n) is 8.99. The van der Waals surface area contributed by atoms with Gasteiger partial charge in [0.15, 0.2) is 0 Å². The zero-order chi connectivity index (χ0) is 32.5. The summed E-state index contributed by atoms with van der Waals surface area (Å²) < 4.78 is 48.0. The summed E-state index contributed by atoms with van der Waals surface area (Å²) in [6.45, 7) is 1.94. The predicted octanol–water partition coefficient (Wildman–Crippen LogP) is 6.51. The molecule has 1 aromatic rings. The van der Waals surface area contributed by atoms with Crippen molar-refractivity contribution in [2.45, 2.75) is 153 Å². The Kier molecular flexibility index (Phi) is 17.5. The molecule has 45 heavy (non-hydrogen) atoms. The van der Waals surface area contributed by atoms with Crippen LogP contribution in [0.4, 0.5) is 4.39 Å². The first kappa shape index (κ1) is 38.1. The number of hydrogen-bond donors (Lipinski definition) is 3. The van der Waals surface area contributed by atoms with Crippen molar-refractivity contribution in [3.63, 3.8) is 0 Å². The maximum atomic E-state index is 13.6. The number of phosphoric ester groups is 1. The van der Waals surface area contributed by atoms with E-state index in [4.69, 9.17) is 18.5 Å². The van der Waals surface area contributed by atoms with Crippen molar-refractivity contribution >= 4 is 7.82 Å². The Morgan fingerprint density at radius 2 is 1.56 bits per heavy atom. The number of phosphoric acid groups is 1. The summed E-state index contributed by atoms with van der Waals surface area (Å²) in [5, 5.41) is 10.3. The Morgan fingerprint density at radius 3 is 2.20 bits per heavy atom. The van der Waals surface area contributed by atoms with E-state index in [-0.39, 0.29) is 19.6 Å². The number of aliphatic hydroxyl groups is 1. The van der Waals surface area contributed by atoms with Gasteiger partial charge in [0.1, 0.15) is 12.3 Å². The van der Waals surface area contributed by atoms with Gasteiger partial charge in [0.25, 0.3) is 5.56 Å². The van der Waals surface area contributed by atoms with E-state index in [0.29, 0.717) is 12.8 Å². The lowest BCUT2D eigenvalue weighted by atomic mass is 9.85. The second-order valence-electron chi connectivity index (χ2n) is 12.8. The number of aromatic nitrogens is 2. The van der Waals surface area contributed by atoms with E-state index in [1.54, 1.807) is 0 Å². The Labute approximate surface area is 266 Å². The molecule has 0 amide bonds. The largest absolute Gasteiger partial charge is 0.472 e. The molecule has 0 aromatic carbocycles. The minimum Gasteiger partial charge on any atom is -0.390 e. The van der Waals surface area contributed by atoms with Crippen LogP contribution in [0.5, 0.6) is 0 Å². The SMILES string of the molecule is C[C@@H](OP(=O)(O)OCCOCCCCCCCCCCCCCCC1CCCCC1)[C@H]1O[C@@H](n2cc(F)c(=O)[nH]c2=O)C[C@@H]1O. The summed E-state index contributed by atoms with van der Waals surface area (Å²) in [4.78, 5) is 35.1. The monoisotopic (exact) mass is 662 g/mol. The number of H-pyrrole nitrogens is 1. The zero-order valence-electron chi connectivity index (χ0n) is 27.0. The highest BCUT2D eigenvalue weighted by molar-refractivity contribution is 7.47. The van der Waals surface area contributed by atoms with Crippen molar-refractivity contribution in [3.8, 4) is 0 Å². The fourth-order valence-electron chi connectivity index (χ4n) is 6.44. The number of aliphatic hydroxyl groups excluding tert-OH is 1. The standard InChI is InChI=1S/C32H56FN2O9P/c1-25(30-28(36)23-29(43-30)35-24-27(33)31(37)34-32(35)38)44-45(39,40)42-22-21-41-20-16-11-9-7-5-3-2-4-6-8-10-13-17-26-18-14-12-15-19-26/h24-26,28-30,36H,2-23H2,1H3,(H,39,40)(H,34,37,38)/t25-,28+,29-,30-/m1/s1. The highest BCUT2D eigenvalue weighted by Crippen LogP contribution is 2.46. The number of nitrogens with one attached hydrogen (secondary N) is 1. The average molecular weight is 663 g/mol. The van der Waals surface area contributed by atoms with Gasteiger partial charge in [0.2, 0.25) is 5.82 Å². The third kappa shape index (κ3) is 14.5. The number of ether oxygens (including phenoxy) is 2.